The first kappa shape index (κ1) is 18.5. The predicted octanol–water partition coefficient (Wildman–Crippen LogP) is -0.00210. The zero-order chi connectivity index (χ0) is 16.7. The molecule has 7 heteroatoms. The predicted molar refractivity (Wildman–Crippen MR) is 94.6 cm³/mol. The van der Waals surface area contributed by atoms with E-state index < -0.39 is 11.8 Å². The summed E-state index contributed by atoms with van der Waals surface area (Å²) in [6.45, 7) is 4.10. The number of hydrogen-bond acceptors (Lipinski definition) is 5. The van der Waals surface area contributed by atoms with Gasteiger partial charge in [0.05, 0.1) is 0 Å². The van der Waals surface area contributed by atoms with E-state index in [9.17, 15) is 9.59 Å². The molecule has 1 atom stereocenters. The summed E-state index contributed by atoms with van der Waals surface area (Å²) in [6.07, 6.45) is 3.55. The quantitative estimate of drug-likeness (QED) is 0.665. The minimum absolute atomic E-state index is 0.497. The van der Waals surface area contributed by atoms with Crippen molar-refractivity contribution in [2.24, 2.45) is 5.92 Å². The Morgan fingerprint density at radius 3 is 2.43 bits per heavy atom. The lowest BCUT2D eigenvalue weighted by Crippen LogP contribution is -2.46. The molecule has 2 aliphatic rings. The van der Waals surface area contributed by atoms with Gasteiger partial charge < -0.3 is 15.5 Å². The summed E-state index contributed by atoms with van der Waals surface area (Å²) in [6, 6.07) is 0.762. The van der Waals surface area contributed by atoms with Crippen molar-refractivity contribution >= 4 is 23.6 Å². The van der Waals surface area contributed by atoms with Gasteiger partial charge in [-0.15, -0.1) is 0 Å². The maximum absolute atomic E-state index is 11.8. The fourth-order valence-corrected chi connectivity index (χ4v) is 4.38. The molecule has 2 rings (SSSR count). The van der Waals surface area contributed by atoms with Crippen LogP contribution in [-0.2, 0) is 9.59 Å². The SMILES string of the molecule is CN(C)CCNC(=O)C(=O)NCC1CCN(C2CCSC2)CC1. The number of rotatable bonds is 6. The van der Waals surface area contributed by atoms with Crippen LogP contribution in [-0.4, -0.2) is 86.0 Å². The highest BCUT2D eigenvalue weighted by Crippen LogP contribution is 2.26. The molecule has 0 aliphatic carbocycles. The molecular weight excluding hydrogens is 312 g/mol. The van der Waals surface area contributed by atoms with Crippen LogP contribution in [0.1, 0.15) is 19.3 Å². The third-order valence-electron chi connectivity index (χ3n) is 4.67. The van der Waals surface area contributed by atoms with Crippen molar-refractivity contribution in [3.05, 3.63) is 0 Å². The van der Waals surface area contributed by atoms with Gasteiger partial charge in [-0.05, 0) is 58.1 Å². The van der Waals surface area contributed by atoms with E-state index in [0.29, 0.717) is 19.0 Å². The second-order valence-electron chi connectivity index (χ2n) is 6.77. The van der Waals surface area contributed by atoms with Crippen LogP contribution in [0.25, 0.3) is 0 Å². The summed E-state index contributed by atoms with van der Waals surface area (Å²) in [5, 5.41) is 5.43. The Bertz CT molecular complexity index is 392. The second kappa shape index (κ2) is 9.49. The number of nitrogens with zero attached hydrogens (tertiary/aromatic N) is 2. The molecule has 2 saturated heterocycles. The van der Waals surface area contributed by atoms with Gasteiger partial charge in [0, 0.05) is 31.4 Å². The van der Waals surface area contributed by atoms with Gasteiger partial charge in [-0.2, -0.15) is 11.8 Å². The van der Waals surface area contributed by atoms with Crippen LogP contribution in [0.5, 0.6) is 0 Å². The summed E-state index contributed by atoms with van der Waals surface area (Å²) in [7, 11) is 3.87. The number of carbonyl (C=O) groups excluding carboxylic acids is 2. The number of carbonyl (C=O) groups is 2. The third kappa shape index (κ3) is 6.31. The van der Waals surface area contributed by atoms with E-state index in [0.717, 1.165) is 38.5 Å². The summed E-state index contributed by atoms with van der Waals surface area (Å²) in [4.78, 5) is 28.0. The fourth-order valence-electron chi connectivity index (χ4n) is 3.12. The summed E-state index contributed by atoms with van der Waals surface area (Å²) in [5.41, 5.74) is 0. The molecule has 0 bridgehead atoms. The van der Waals surface area contributed by atoms with Crippen molar-refractivity contribution < 1.29 is 9.59 Å². The van der Waals surface area contributed by atoms with Crippen LogP contribution in [0.2, 0.25) is 0 Å². The average molecular weight is 343 g/mol. The van der Waals surface area contributed by atoms with E-state index in [1.807, 2.05) is 19.0 Å². The Morgan fingerprint density at radius 1 is 1.13 bits per heavy atom. The zero-order valence-corrected chi connectivity index (χ0v) is 15.2. The first-order valence-corrected chi connectivity index (χ1v) is 9.74. The van der Waals surface area contributed by atoms with Crippen molar-refractivity contribution in [1.82, 2.24) is 20.4 Å². The van der Waals surface area contributed by atoms with E-state index in [1.54, 1.807) is 0 Å². The molecule has 0 aromatic carbocycles. The fraction of sp³-hybridized carbons (Fsp3) is 0.875. The molecule has 0 radical (unpaired) electrons. The van der Waals surface area contributed by atoms with E-state index >= 15 is 0 Å². The number of likely N-dealkylation sites (tertiary alicyclic amines) is 1. The van der Waals surface area contributed by atoms with Crippen LogP contribution >= 0.6 is 11.8 Å². The molecule has 2 aliphatic heterocycles. The maximum Gasteiger partial charge on any atom is 0.309 e. The number of piperidine rings is 1. The first-order valence-electron chi connectivity index (χ1n) is 8.59. The van der Waals surface area contributed by atoms with Crippen molar-refractivity contribution in [2.45, 2.75) is 25.3 Å². The molecule has 2 amide bonds. The van der Waals surface area contributed by atoms with Crippen LogP contribution in [0.3, 0.4) is 0 Å². The van der Waals surface area contributed by atoms with E-state index in [4.69, 9.17) is 0 Å². The summed E-state index contributed by atoms with van der Waals surface area (Å²) >= 11 is 2.06. The average Bonchev–Trinajstić information content (AvgIpc) is 3.07. The molecule has 0 saturated carbocycles. The van der Waals surface area contributed by atoms with Crippen molar-refractivity contribution in [2.75, 3.05) is 58.3 Å². The molecule has 2 fully saturated rings. The van der Waals surface area contributed by atoms with E-state index in [-0.39, 0.29) is 0 Å². The van der Waals surface area contributed by atoms with Gasteiger partial charge in [-0.3, -0.25) is 14.5 Å². The standard InChI is InChI=1S/C16H30N4O2S/c1-19(2)9-6-17-15(21)16(22)18-11-13-3-7-20(8-4-13)14-5-10-23-12-14/h13-14H,3-12H2,1-2H3,(H,17,21)(H,18,22). The molecule has 0 aromatic heterocycles. The minimum atomic E-state index is -0.521. The van der Waals surface area contributed by atoms with E-state index in [1.165, 1.54) is 17.9 Å². The Kier molecular flexibility index (Phi) is 7.65. The lowest BCUT2D eigenvalue weighted by molar-refractivity contribution is -0.139. The van der Waals surface area contributed by atoms with Crippen molar-refractivity contribution in [3.63, 3.8) is 0 Å². The van der Waals surface area contributed by atoms with Gasteiger partial charge in [0.1, 0.15) is 0 Å². The van der Waals surface area contributed by atoms with Crippen LogP contribution in [0, 0.1) is 5.92 Å². The van der Waals surface area contributed by atoms with Crippen LogP contribution < -0.4 is 10.6 Å². The number of likely N-dealkylation sites (N-methyl/N-ethyl adjacent to an activating group) is 1. The summed E-state index contributed by atoms with van der Waals surface area (Å²) in [5.74, 6) is 2.04. The maximum atomic E-state index is 11.8. The van der Waals surface area contributed by atoms with E-state index in [2.05, 4.69) is 27.3 Å². The highest BCUT2D eigenvalue weighted by atomic mass is 32.2. The van der Waals surface area contributed by atoms with Gasteiger partial charge in [0.2, 0.25) is 0 Å². The zero-order valence-electron chi connectivity index (χ0n) is 14.3. The lowest BCUT2D eigenvalue weighted by atomic mass is 9.95. The Labute approximate surface area is 143 Å². The molecule has 2 N–H and O–H groups in total. The summed E-state index contributed by atoms with van der Waals surface area (Å²) < 4.78 is 0. The van der Waals surface area contributed by atoms with Crippen molar-refractivity contribution in [3.8, 4) is 0 Å². The van der Waals surface area contributed by atoms with Gasteiger partial charge in [-0.25, -0.2) is 0 Å². The highest BCUT2D eigenvalue weighted by molar-refractivity contribution is 7.99. The second-order valence-corrected chi connectivity index (χ2v) is 7.92. The molecular formula is C16H30N4O2S. The number of amides is 2. The first-order chi connectivity index (χ1) is 11.1. The minimum Gasteiger partial charge on any atom is -0.348 e. The number of nitrogens with one attached hydrogen (secondary N) is 2. The topological polar surface area (TPSA) is 64.7 Å². The molecule has 6 nitrogen and oxygen atoms in total. The van der Waals surface area contributed by atoms with Gasteiger partial charge in [-0.1, -0.05) is 0 Å². The normalized spacial score (nSPS) is 23.2. The van der Waals surface area contributed by atoms with Gasteiger partial charge in [0.25, 0.3) is 0 Å². The monoisotopic (exact) mass is 342 g/mol. The van der Waals surface area contributed by atoms with Gasteiger partial charge >= 0.3 is 11.8 Å². The Morgan fingerprint density at radius 2 is 1.83 bits per heavy atom. The molecule has 132 valence electrons. The van der Waals surface area contributed by atoms with Crippen LogP contribution in [0.15, 0.2) is 0 Å². The molecule has 0 aromatic rings. The molecule has 0 spiro atoms. The Balaban J connectivity index is 1.59. The number of thioether (sulfide) groups is 1. The number of hydrogen-bond donors (Lipinski definition) is 2. The van der Waals surface area contributed by atoms with Crippen molar-refractivity contribution in [1.29, 1.82) is 0 Å². The Hall–Kier alpha value is -0.790. The van der Waals surface area contributed by atoms with Gasteiger partial charge in [0.15, 0.2) is 0 Å². The third-order valence-corrected chi connectivity index (χ3v) is 5.82. The molecule has 1 unspecified atom stereocenters. The largest absolute Gasteiger partial charge is 0.348 e. The molecule has 2 heterocycles. The lowest BCUT2D eigenvalue weighted by Gasteiger charge is -2.35. The molecule has 23 heavy (non-hydrogen) atoms. The van der Waals surface area contributed by atoms with Crippen LogP contribution in [0.4, 0.5) is 0 Å². The highest BCUT2D eigenvalue weighted by Gasteiger charge is 2.27. The smallest absolute Gasteiger partial charge is 0.309 e.